The second kappa shape index (κ2) is 6.83. The molecule has 0 atom stereocenters. The van der Waals surface area contributed by atoms with Crippen LogP contribution in [0, 0.1) is 0 Å². The Balaban J connectivity index is 1.73. The van der Waals surface area contributed by atoms with Gasteiger partial charge in [-0.25, -0.2) is 0 Å². The minimum Gasteiger partial charge on any atom is -0.339 e. The van der Waals surface area contributed by atoms with Gasteiger partial charge in [-0.05, 0) is 54.8 Å². The van der Waals surface area contributed by atoms with E-state index in [4.69, 9.17) is 0 Å². The van der Waals surface area contributed by atoms with Crippen LogP contribution in [-0.4, -0.2) is 41.8 Å². The Morgan fingerprint density at radius 1 is 1.25 bits per heavy atom. The van der Waals surface area contributed by atoms with Crippen molar-refractivity contribution in [1.82, 2.24) is 9.88 Å². The molecule has 0 saturated heterocycles. The molecular weight excluding hydrogens is 302 g/mol. The van der Waals surface area contributed by atoms with Crippen LogP contribution in [0.5, 0.6) is 0 Å². The van der Waals surface area contributed by atoms with Crippen LogP contribution < -0.4 is 4.90 Å². The molecule has 1 aliphatic heterocycles. The van der Waals surface area contributed by atoms with E-state index in [2.05, 4.69) is 4.98 Å². The largest absolute Gasteiger partial charge is 0.339 e. The van der Waals surface area contributed by atoms with Crippen LogP contribution >= 0.6 is 0 Å². The van der Waals surface area contributed by atoms with Crippen molar-refractivity contribution in [2.45, 2.75) is 19.8 Å². The first-order valence-corrected chi connectivity index (χ1v) is 8.17. The van der Waals surface area contributed by atoms with Gasteiger partial charge >= 0.3 is 0 Å². The van der Waals surface area contributed by atoms with Crippen LogP contribution in [0.15, 0.2) is 42.7 Å². The molecule has 0 unspecified atom stereocenters. The van der Waals surface area contributed by atoms with Gasteiger partial charge in [0.2, 0.25) is 5.91 Å². The highest BCUT2D eigenvalue weighted by atomic mass is 16.2. The standard InChI is InChI=1S/C19H21N3O2/c1-3-22(11-8-14-6-9-20-10-7-14)19(24)15-4-5-17-16(12-15)13-18(23)21(17)2/h4-7,9-10,12H,3,8,11,13H2,1-2H3. The van der Waals surface area contributed by atoms with Gasteiger partial charge < -0.3 is 9.80 Å². The number of carbonyl (C=O) groups excluding carboxylic acids is 2. The number of carbonyl (C=O) groups is 2. The number of pyridine rings is 1. The molecule has 1 aromatic carbocycles. The fraction of sp³-hybridized carbons (Fsp3) is 0.316. The van der Waals surface area contributed by atoms with Crippen LogP contribution in [0.1, 0.15) is 28.4 Å². The first kappa shape index (κ1) is 16.2. The topological polar surface area (TPSA) is 53.5 Å². The number of hydrogen-bond donors (Lipinski definition) is 0. The highest BCUT2D eigenvalue weighted by Crippen LogP contribution is 2.28. The Hall–Kier alpha value is -2.69. The fourth-order valence-corrected chi connectivity index (χ4v) is 3.00. The van der Waals surface area contributed by atoms with Gasteiger partial charge in [0, 0.05) is 43.8 Å². The van der Waals surface area contributed by atoms with Crippen LogP contribution in [0.4, 0.5) is 5.69 Å². The van der Waals surface area contributed by atoms with E-state index in [-0.39, 0.29) is 11.8 Å². The summed E-state index contributed by atoms with van der Waals surface area (Å²) < 4.78 is 0. The smallest absolute Gasteiger partial charge is 0.253 e. The van der Waals surface area contributed by atoms with Gasteiger partial charge in [0.15, 0.2) is 0 Å². The summed E-state index contributed by atoms with van der Waals surface area (Å²) in [4.78, 5) is 32.1. The van der Waals surface area contributed by atoms with Crippen molar-refractivity contribution in [2.75, 3.05) is 25.0 Å². The van der Waals surface area contributed by atoms with Gasteiger partial charge in [-0.3, -0.25) is 14.6 Å². The summed E-state index contributed by atoms with van der Waals surface area (Å²) >= 11 is 0. The lowest BCUT2D eigenvalue weighted by atomic mass is 10.1. The number of anilines is 1. The Labute approximate surface area is 141 Å². The Bertz CT molecular complexity index is 758. The lowest BCUT2D eigenvalue weighted by Gasteiger charge is -2.21. The van der Waals surface area contributed by atoms with Crippen molar-refractivity contribution in [2.24, 2.45) is 0 Å². The van der Waals surface area contributed by atoms with Crippen molar-refractivity contribution in [3.05, 3.63) is 59.4 Å². The number of rotatable bonds is 5. The third kappa shape index (κ3) is 3.15. The third-order valence-corrected chi connectivity index (χ3v) is 4.49. The summed E-state index contributed by atoms with van der Waals surface area (Å²) in [5, 5.41) is 0. The summed E-state index contributed by atoms with van der Waals surface area (Å²) in [7, 11) is 1.77. The van der Waals surface area contributed by atoms with Crippen molar-refractivity contribution in [3.63, 3.8) is 0 Å². The predicted molar refractivity (Wildman–Crippen MR) is 93.1 cm³/mol. The van der Waals surface area contributed by atoms with Crippen LogP contribution in [0.2, 0.25) is 0 Å². The predicted octanol–water partition coefficient (Wildman–Crippen LogP) is 2.31. The first-order valence-electron chi connectivity index (χ1n) is 8.17. The van der Waals surface area contributed by atoms with E-state index >= 15 is 0 Å². The second-order valence-corrected chi connectivity index (χ2v) is 5.96. The molecule has 2 aromatic rings. The maximum absolute atomic E-state index is 12.8. The number of fused-ring (bicyclic) bond motifs is 1. The van der Waals surface area contributed by atoms with E-state index in [9.17, 15) is 9.59 Å². The van der Waals surface area contributed by atoms with Gasteiger partial charge in [0.25, 0.3) is 5.91 Å². The number of benzene rings is 1. The second-order valence-electron chi connectivity index (χ2n) is 5.96. The Morgan fingerprint density at radius 2 is 2.00 bits per heavy atom. The van der Waals surface area contributed by atoms with E-state index in [0.717, 1.165) is 23.2 Å². The molecule has 2 heterocycles. The molecular formula is C19H21N3O2. The molecule has 0 bridgehead atoms. The molecule has 5 heteroatoms. The quantitative estimate of drug-likeness (QED) is 0.848. The molecule has 0 aliphatic carbocycles. The summed E-state index contributed by atoms with van der Waals surface area (Å²) in [5.74, 6) is 0.0796. The minimum atomic E-state index is 0.0105. The van der Waals surface area contributed by atoms with Crippen molar-refractivity contribution >= 4 is 17.5 Å². The van der Waals surface area contributed by atoms with Gasteiger partial charge in [-0.2, -0.15) is 0 Å². The molecule has 1 aromatic heterocycles. The lowest BCUT2D eigenvalue weighted by molar-refractivity contribution is -0.117. The van der Waals surface area contributed by atoms with E-state index in [1.807, 2.05) is 42.2 Å². The summed E-state index contributed by atoms with van der Waals surface area (Å²) in [6.07, 6.45) is 4.70. The molecule has 124 valence electrons. The Morgan fingerprint density at radius 3 is 2.71 bits per heavy atom. The maximum atomic E-state index is 12.8. The monoisotopic (exact) mass is 323 g/mol. The molecule has 0 saturated carbocycles. The zero-order valence-electron chi connectivity index (χ0n) is 14.0. The zero-order chi connectivity index (χ0) is 17.1. The minimum absolute atomic E-state index is 0.0105. The van der Waals surface area contributed by atoms with Gasteiger partial charge in [0.05, 0.1) is 6.42 Å². The van der Waals surface area contributed by atoms with E-state index in [1.54, 1.807) is 24.3 Å². The number of aromatic nitrogens is 1. The highest BCUT2D eigenvalue weighted by Gasteiger charge is 2.25. The van der Waals surface area contributed by atoms with Gasteiger partial charge in [-0.15, -0.1) is 0 Å². The number of amides is 2. The van der Waals surface area contributed by atoms with Crippen LogP contribution in [-0.2, 0) is 17.6 Å². The zero-order valence-corrected chi connectivity index (χ0v) is 14.0. The van der Waals surface area contributed by atoms with Crippen LogP contribution in [0.25, 0.3) is 0 Å². The van der Waals surface area contributed by atoms with Gasteiger partial charge in [-0.1, -0.05) is 0 Å². The van der Waals surface area contributed by atoms with Crippen LogP contribution in [0.3, 0.4) is 0 Å². The number of likely N-dealkylation sites (N-methyl/N-ethyl adjacent to an activating group) is 2. The van der Waals surface area contributed by atoms with Crippen molar-refractivity contribution in [3.8, 4) is 0 Å². The van der Waals surface area contributed by atoms with E-state index in [1.165, 1.54) is 0 Å². The van der Waals surface area contributed by atoms with E-state index in [0.29, 0.717) is 25.1 Å². The SMILES string of the molecule is CCN(CCc1ccncc1)C(=O)c1ccc2c(c1)CC(=O)N2C. The summed E-state index contributed by atoms with van der Waals surface area (Å²) in [5.41, 5.74) is 3.64. The van der Waals surface area contributed by atoms with Crippen molar-refractivity contribution in [1.29, 1.82) is 0 Å². The normalized spacial score (nSPS) is 13.1. The summed E-state index contributed by atoms with van der Waals surface area (Å²) in [6, 6.07) is 9.47. The fourth-order valence-electron chi connectivity index (χ4n) is 3.00. The van der Waals surface area contributed by atoms with Crippen molar-refractivity contribution < 1.29 is 9.59 Å². The highest BCUT2D eigenvalue weighted by molar-refractivity contribution is 6.03. The maximum Gasteiger partial charge on any atom is 0.253 e. The Kier molecular flexibility index (Phi) is 4.60. The molecule has 0 N–H and O–H groups in total. The molecule has 0 spiro atoms. The third-order valence-electron chi connectivity index (χ3n) is 4.49. The lowest BCUT2D eigenvalue weighted by Crippen LogP contribution is -2.32. The average molecular weight is 323 g/mol. The molecule has 24 heavy (non-hydrogen) atoms. The van der Waals surface area contributed by atoms with E-state index < -0.39 is 0 Å². The molecule has 3 rings (SSSR count). The molecule has 5 nitrogen and oxygen atoms in total. The van der Waals surface area contributed by atoms with Gasteiger partial charge in [0.1, 0.15) is 0 Å². The number of hydrogen-bond acceptors (Lipinski definition) is 3. The number of nitrogens with zero attached hydrogens (tertiary/aromatic N) is 3. The summed E-state index contributed by atoms with van der Waals surface area (Å²) in [6.45, 7) is 3.30. The molecule has 2 amide bonds. The molecule has 0 radical (unpaired) electrons. The molecule has 0 fully saturated rings. The molecule has 1 aliphatic rings. The average Bonchev–Trinajstić information content (AvgIpc) is 2.90. The first-order chi connectivity index (χ1) is 11.6.